The zero-order chi connectivity index (χ0) is 14.3. The van der Waals surface area contributed by atoms with Crippen LogP contribution in [0.1, 0.15) is 39.2 Å². The molecule has 0 fully saturated rings. The van der Waals surface area contributed by atoms with Crippen LogP contribution in [0.5, 0.6) is 11.5 Å². The van der Waals surface area contributed by atoms with Crippen LogP contribution in [0.3, 0.4) is 0 Å². The lowest BCUT2D eigenvalue weighted by Crippen LogP contribution is -2.14. The molecular formula is C15H24ClNO2. The standard InChI is InChI=1S/C15H24ClNO2/c1-5-7-17-10-12-8-13(16)15(14(9-12)18-4)19-11(3)6-2/h8-9,11,17H,5-7,10H2,1-4H3. The summed E-state index contributed by atoms with van der Waals surface area (Å²) in [4.78, 5) is 0. The lowest BCUT2D eigenvalue weighted by Gasteiger charge is -2.18. The second kappa shape index (κ2) is 8.28. The third kappa shape index (κ3) is 4.92. The van der Waals surface area contributed by atoms with E-state index >= 15 is 0 Å². The van der Waals surface area contributed by atoms with Crippen LogP contribution in [0.4, 0.5) is 0 Å². The highest BCUT2D eigenvalue weighted by molar-refractivity contribution is 6.32. The summed E-state index contributed by atoms with van der Waals surface area (Å²) >= 11 is 6.29. The number of benzene rings is 1. The number of rotatable bonds is 8. The summed E-state index contributed by atoms with van der Waals surface area (Å²) in [5.41, 5.74) is 1.10. The highest BCUT2D eigenvalue weighted by atomic mass is 35.5. The van der Waals surface area contributed by atoms with E-state index in [1.54, 1.807) is 7.11 Å². The van der Waals surface area contributed by atoms with E-state index in [0.29, 0.717) is 16.5 Å². The molecule has 0 saturated heterocycles. The summed E-state index contributed by atoms with van der Waals surface area (Å²) in [7, 11) is 1.64. The smallest absolute Gasteiger partial charge is 0.180 e. The van der Waals surface area contributed by atoms with Crippen LogP contribution in [-0.4, -0.2) is 19.8 Å². The fourth-order valence-electron chi connectivity index (χ4n) is 1.68. The van der Waals surface area contributed by atoms with Crippen molar-refractivity contribution in [1.29, 1.82) is 0 Å². The van der Waals surface area contributed by atoms with Crippen molar-refractivity contribution in [1.82, 2.24) is 5.32 Å². The summed E-state index contributed by atoms with van der Waals surface area (Å²) in [5.74, 6) is 1.33. The first kappa shape index (κ1) is 16.1. The molecule has 0 aromatic heterocycles. The minimum absolute atomic E-state index is 0.121. The highest BCUT2D eigenvalue weighted by Gasteiger charge is 2.14. The van der Waals surface area contributed by atoms with Gasteiger partial charge in [-0.3, -0.25) is 0 Å². The summed E-state index contributed by atoms with van der Waals surface area (Å²) < 4.78 is 11.2. The van der Waals surface area contributed by atoms with Gasteiger partial charge >= 0.3 is 0 Å². The van der Waals surface area contributed by atoms with Gasteiger partial charge in [0, 0.05) is 6.54 Å². The number of halogens is 1. The molecule has 1 rings (SSSR count). The van der Waals surface area contributed by atoms with E-state index in [1.165, 1.54) is 0 Å². The highest BCUT2D eigenvalue weighted by Crippen LogP contribution is 2.37. The van der Waals surface area contributed by atoms with E-state index in [2.05, 4.69) is 19.2 Å². The third-order valence-corrected chi connectivity index (χ3v) is 3.22. The van der Waals surface area contributed by atoms with E-state index in [-0.39, 0.29) is 6.10 Å². The second-order valence-corrected chi connectivity index (χ2v) is 5.03. The number of methoxy groups -OCH3 is 1. The average Bonchev–Trinajstić information content (AvgIpc) is 2.41. The van der Waals surface area contributed by atoms with Gasteiger partial charge in [-0.25, -0.2) is 0 Å². The Kier molecular flexibility index (Phi) is 7.03. The Morgan fingerprint density at radius 3 is 2.63 bits per heavy atom. The van der Waals surface area contributed by atoms with Gasteiger partial charge in [-0.1, -0.05) is 25.4 Å². The molecule has 108 valence electrons. The van der Waals surface area contributed by atoms with Gasteiger partial charge in [-0.05, 0) is 44.0 Å². The largest absolute Gasteiger partial charge is 0.493 e. The molecule has 1 aromatic carbocycles. The molecule has 1 aromatic rings. The quantitative estimate of drug-likeness (QED) is 0.732. The molecule has 0 bridgehead atoms. The van der Waals surface area contributed by atoms with Crippen LogP contribution in [-0.2, 0) is 6.54 Å². The van der Waals surface area contributed by atoms with Gasteiger partial charge in [0.1, 0.15) is 0 Å². The van der Waals surface area contributed by atoms with Crippen LogP contribution in [0, 0.1) is 0 Å². The molecular weight excluding hydrogens is 262 g/mol. The van der Waals surface area contributed by atoms with Crippen molar-refractivity contribution >= 4 is 11.6 Å². The Labute approximate surface area is 121 Å². The van der Waals surface area contributed by atoms with Gasteiger partial charge in [0.05, 0.1) is 18.2 Å². The van der Waals surface area contributed by atoms with Crippen molar-refractivity contribution in [2.75, 3.05) is 13.7 Å². The predicted molar refractivity (Wildman–Crippen MR) is 80.4 cm³/mol. The number of nitrogens with one attached hydrogen (secondary N) is 1. The number of ether oxygens (including phenoxy) is 2. The number of hydrogen-bond acceptors (Lipinski definition) is 3. The molecule has 0 heterocycles. The first-order chi connectivity index (χ1) is 9.12. The third-order valence-electron chi connectivity index (χ3n) is 2.94. The molecule has 0 saturated carbocycles. The topological polar surface area (TPSA) is 30.5 Å². The fraction of sp³-hybridized carbons (Fsp3) is 0.600. The SMILES string of the molecule is CCCNCc1cc(Cl)c(OC(C)CC)c(OC)c1. The van der Waals surface area contributed by atoms with Gasteiger partial charge in [0.15, 0.2) is 11.5 Å². The summed E-state index contributed by atoms with van der Waals surface area (Å²) in [6, 6.07) is 3.91. The summed E-state index contributed by atoms with van der Waals surface area (Å²) in [5, 5.41) is 3.95. The van der Waals surface area contributed by atoms with Gasteiger partial charge in [0.25, 0.3) is 0 Å². The molecule has 4 heteroatoms. The van der Waals surface area contributed by atoms with Gasteiger partial charge in [-0.15, -0.1) is 0 Å². The minimum Gasteiger partial charge on any atom is -0.493 e. The van der Waals surface area contributed by atoms with Crippen LogP contribution in [0.15, 0.2) is 12.1 Å². The summed E-state index contributed by atoms with van der Waals surface area (Å²) in [6.45, 7) is 8.02. The maximum absolute atomic E-state index is 6.29. The van der Waals surface area contributed by atoms with E-state index in [0.717, 1.165) is 31.5 Å². The molecule has 1 unspecified atom stereocenters. The van der Waals surface area contributed by atoms with Crippen LogP contribution in [0.25, 0.3) is 0 Å². The Balaban J connectivity index is 2.87. The van der Waals surface area contributed by atoms with E-state index in [9.17, 15) is 0 Å². The van der Waals surface area contributed by atoms with Crippen LogP contribution < -0.4 is 14.8 Å². The van der Waals surface area contributed by atoms with Crippen molar-refractivity contribution in [3.63, 3.8) is 0 Å². The van der Waals surface area contributed by atoms with Gasteiger partial charge in [0.2, 0.25) is 0 Å². The Morgan fingerprint density at radius 1 is 1.32 bits per heavy atom. The Hall–Kier alpha value is -0.930. The van der Waals surface area contributed by atoms with Crippen LogP contribution >= 0.6 is 11.6 Å². The molecule has 0 spiro atoms. The van der Waals surface area contributed by atoms with Crippen molar-refractivity contribution in [2.24, 2.45) is 0 Å². The number of hydrogen-bond donors (Lipinski definition) is 1. The van der Waals surface area contributed by atoms with Crippen LogP contribution in [0.2, 0.25) is 5.02 Å². The first-order valence-electron chi connectivity index (χ1n) is 6.86. The zero-order valence-corrected chi connectivity index (χ0v) is 13.0. The maximum atomic E-state index is 6.29. The monoisotopic (exact) mass is 285 g/mol. The van der Waals surface area contributed by atoms with E-state index in [1.807, 2.05) is 19.1 Å². The minimum atomic E-state index is 0.121. The van der Waals surface area contributed by atoms with E-state index in [4.69, 9.17) is 21.1 Å². The molecule has 0 radical (unpaired) electrons. The van der Waals surface area contributed by atoms with Gasteiger partial charge < -0.3 is 14.8 Å². The average molecular weight is 286 g/mol. The molecule has 3 nitrogen and oxygen atoms in total. The van der Waals surface area contributed by atoms with Crippen molar-refractivity contribution in [3.8, 4) is 11.5 Å². The molecule has 19 heavy (non-hydrogen) atoms. The maximum Gasteiger partial charge on any atom is 0.180 e. The van der Waals surface area contributed by atoms with E-state index < -0.39 is 0 Å². The Morgan fingerprint density at radius 2 is 2.05 bits per heavy atom. The predicted octanol–water partition coefficient (Wildman–Crippen LogP) is 4.03. The van der Waals surface area contributed by atoms with Crippen molar-refractivity contribution < 1.29 is 9.47 Å². The first-order valence-corrected chi connectivity index (χ1v) is 7.23. The zero-order valence-electron chi connectivity index (χ0n) is 12.3. The summed E-state index contributed by atoms with van der Waals surface area (Å²) in [6.07, 6.45) is 2.16. The van der Waals surface area contributed by atoms with Crippen molar-refractivity contribution in [3.05, 3.63) is 22.7 Å². The normalized spacial score (nSPS) is 12.3. The lowest BCUT2D eigenvalue weighted by atomic mass is 10.2. The Bertz CT molecular complexity index is 396. The fourth-order valence-corrected chi connectivity index (χ4v) is 1.96. The van der Waals surface area contributed by atoms with Crippen molar-refractivity contribution in [2.45, 2.75) is 46.3 Å². The molecule has 0 aliphatic heterocycles. The van der Waals surface area contributed by atoms with Gasteiger partial charge in [-0.2, -0.15) is 0 Å². The second-order valence-electron chi connectivity index (χ2n) is 4.62. The molecule has 1 atom stereocenters. The molecule has 0 aliphatic carbocycles. The molecule has 0 aliphatic rings. The molecule has 1 N–H and O–H groups in total. The lowest BCUT2D eigenvalue weighted by molar-refractivity contribution is 0.207. The molecule has 0 amide bonds.